The summed E-state index contributed by atoms with van der Waals surface area (Å²) in [6, 6.07) is 0. The maximum absolute atomic E-state index is 13.5. The normalized spacial score (nSPS) is 29.8. The summed E-state index contributed by atoms with van der Waals surface area (Å²) in [5, 5.41) is 0. The third-order valence-corrected chi connectivity index (χ3v) is 29.8. The van der Waals surface area contributed by atoms with Crippen LogP contribution in [-0.4, -0.2) is 200 Å². The van der Waals surface area contributed by atoms with Crippen molar-refractivity contribution in [3.8, 4) is 0 Å². The number of nitrogens with zero attached hydrogens (tertiary/aromatic N) is 8. The van der Waals surface area contributed by atoms with Gasteiger partial charge in [0, 0.05) is 116 Å². The van der Waals surface area contributed by atoms with Crippen LogP contribution >= 0.6 is 40.3 Å². The van der Waals surface area contributed by atoms with E-state index in [-0.39, 0.29) is 72.4 Å². The molecule has 12 rings (SSSR count). The lowest BCUT2D eigenvalue weighted by atomic mass is 10.1. The van der Waals surface area contributed by atoms with Gasteiger partial charge in [0.1, 0.15) is 79.5 Å². The summed E-state index contributed by atoms with van der Waals surface area (Å²) < 4.78 is 114. The van der Waals surface area contributed by atoms with Crippen LogP contribution in [0.5, 0.6) is 0 Å². The van der Waals surface area contributed by atoms with E-state index in [1.165, 1.54) is 69.4 Å². The molecule has 0 radical (unpaired) electrons. The van der Waals surface area contributed by atoms with Gasteiger partial charge in [-0.2, -0.15) is 9.97 Å². The lowest BCUT2D eigenvalue weighted by molar-refractivity contribution is -0.0577. The Morgan fingerprint density at radius 3 is 0.770 bits per heavy atom. The second-order valence-electron chi connectivity index (χ2n) is 28.8. The zero-order chi connectivity index (χ0) is 88.9. The van der Waals surface area contributed by atoms with Gasteiger partial charge in [0.2, 0.25) is 0 Å². The Kier molecular flexibility index (Phi) is 30.5. The number of nitrogens with two attached hydrogens (primary N) is 2. The SMILES string of the molecule is CC[C@H]1O[C@@H](n2cc(C)c(=O)[nH]c2=O)C[C@H]1OP(O)(=S)OC[C@H]1O[C@@H](n2cc(C)c(N)nc2=O)C[C@H]1OP(O)(=S)OC[C@H]1O[C@@H](n2cc(C)c(=O)[nH]c2=O)C[C@H]1OP(O)(=S)OC[C@H]1O[C@@H](n2cc(C)c(N)nc2=O)C[C@H]1OP(O)(=S)OC[C@H]1O[C@@H](n2cc(C)c(=O)[nH]c2=O)C[C@H]1OP(O)(=S)OC[C@H]1O[C@@H](n2cc(C)c(=O)[nH]c2=O)C[C@H]1OP(O)(=S)OC. The minimum Gasteiger partial charge on any atom is -0.383 e. The summed E-state index contributed by atoms with van der Waals surface area (Å²) in [6.07, 6.45) is -16.8. The van der Waals surface area contributed by atoms with Crippen molar-refractivity contribution < 1.29 is 112 Å². The van der Waals surface area contributed by atoms with Crippen LogP contribution in [0.1, 0.15) is 123 Å². The van der Waals surface area contributed by atoms with Crippen molar-refractivity contribution in [1.82, 2.24) is 57.3 Å². The van der Waals surface area contributed by atoms with E-state index < -0.39 is 240 Å². The molecule has 12 heterocycles. The summed E-state index contributed by atoms with van der Waals surface area (Å²) in [4.78, 5) is 216. The molecule has 6 aromatic heterocycles. The molecule has 6 aliphatic rings. The number of rotatable bonds is 35. The Morgan fingerprint density at radius 2 is 0.549 bits per heavy atom. The molecule has 6 saturated heterocycles. The van der Waals surface area contributed by atoms with Gasteiger partial charge in [-0.1, -0.05) is 6.92 Å². The van der Waals surface area contributed by atoms with Crippen LogP contribution in [-0.2, 0) is 154 Å². The Labute approximate surface area is 718 Å². The Bertz CT molecular complexity index is 5910. The van der Waals surface area contributed by atoms with Crippen LogP contribution in [0, 0.1) is 41.5 Å². The van der Waals surface area contributed by atoms with Crippen molar-refractivity contribution in [3.05, 3.63) is 175 Å². The molecule has 0 amide bonds. The molecule has 6 unspecified atom stereocenters. The highest BCUT2D eigenvalue weighted by atomic mass is 32.5. The van der Waals surface area contributed by atoms with E-state index in [1.807, 2.05) is 0 Å². The largest absolute Gasteiger partial charge is 0.383 e. The standard InChI is InChI=1S/C62H86N14O34P6S6/c1-9-33-34(10-45(99-33)73-18-29(4)53(77)67-59(73)83)106-112(88,118)94-23-41-36(12-46(101-41)71-16-27(2)51(63)65-57(71)81)107-114(90,120)97-26-44-39(15-50(104-44)76-21-32(7)56(80)70-62(76)86)110-116(92,122)96-24-42-37(13-47(102-42)72-17-28(3)52(64)66-58(72)82)108-115(91,121)98-25-43-38(14-49(103-43)75-20-31(6)55(79)69-61(75)85)109-113(89,119)95-22-40-35(105-111(87,117)93-8)11-48(100-40)74-19-30(5)54(78)68-60(74)84/h16-21,33-50H,9-15,22-26H2,1-8H3,(H,87,117)(H,88,118)(H,89,119)(H,90,120)(H,91,121)(H,92,122)(H2,63,65,81)(H2,64,66,82)(H,67,77,83)(H,68,78,84)(H,69,79,85)(H,70,80,86)/t33-,34-,35-,36-,37-,38-,39-,40-,41-,42-,43-,44-,45-,46-,47-,48-,49-,50-,111?,112?,113?,114?,115?,116?/m1/s1. The van der Waals surface area contributed by atoms with Gasteiger partial charge in [0.15, 0.2) is 0 Å². The number of hydrogen-bond donors (Lipinski definition) is 12. The first kappa shape index (κ1) is 96.1. The number of nitrogen functional groups attached to an aromatic ring is 2. The quantitative estimate of drug-likeness (QED) is 0.0236. The van der Waals surface area contributed by atoms with E-state index >= 15 is 0 Å². The molecule has 24 atom stereocenters. The number of hydrogen-bond acceptors (Lipinski definition) is 38. The first-order chi connectivity index (χ1) is 57.0. The van der Waals surface area contributed by atoms with Crippen molar-refractivity contribution in [2.24, 2.45) is 0 Å². The molecule has 6 aliphatic heterocycles. The number of aromatic nitrogens is 12. The lowest BCUT2D eigenvalue weighted by Crippen LogP contribution is -2.33. The molecule has 6 aromatic rings. The number of nitrogens with one attached hydrogen (secondary N) is 4. The molecule has 0 aliphatic carbocycles. The molecule has 0 bridgehead atoms. The highest BCUT2D eigenvalue weighted by molar-refractivity contribution is 8.08. The molecule has 122 heavy (non-hydrogen) atoms. The van der Waals surface area contributed by atoms with Crippen molar-refractivity contribution >= 4 is 123 Å². The fourth-order valence-electron chi connectivity index (χ4n) is 13.8. The number of aryl methyl sites for hydroxylation is 6. The fraction of sp³-hybridized carbons (Fsp3) is 0.613. The maximum Gasteiger partial charge on any atom is 0.351 e. The lowest BCUT2D eigenvalue weighted by Gasteiger charge is -2.28. The smallest absolute Gasteiger partial charge is 0.351 e. The van der Waals surface area contributed by atoms with Crippen molar-refractivity contribution in [2.45, 2.75) is 204 Å². The van der Waals surface area contributed by atoms with Crippen molar-refractivity contribution in [3.63, 3.8) is 0 Å². The average molecular weight is 1950 g/mol. The molecule has 674 valence electrons. The van der Waals surface area contributed by atoms with Gasteiger partial charge >= 0.3 is 74.5 Å². The third kappa shape index (κ3) is 23.5. The molecule has 0 aromatic carbocycles. The van der Waals surface area contributed by atoms with Gasteiger partial charge in [-0.05, 0) is 119 Å². The number of ether oxygens (including phenoxy) is 6. The summed E-state index contributed by atoms with van der Waals surface area (Å²) in [6.45, 7) is -20.0. The molecule has 6 fully saturated rings. The van der Waals surface area contributed by atoms with Crippen LogP contribution in [0.2, 0.25) is 0 Å². The molecule has 0 saturated carbocycles. The van der Waals surface area contributed by atoms with Gasteiger partial charge in [0.25, 0.3) is 22.2 Å². The predicted octanol–water partition coefficient (Wildman–Crippen LogP) is 0.192. The van der Waals surface area contributed by atoms with Crippen LogP contribution in [0.25, 0.3) is 0 Å². The summed E-state index contributed by atoms with van der Waals surface area (Å²) in [5.41, 5.74) is 5.06. The number of H-pyrrole nitrogens is 4. The minimum atomic E-state index is -4.72. The monoisotopic (exact) mass is 1950 g/mol. The Hall–Kier alpha value is -4.98. The van der Waals surface area contributed by atoms with Gasteiger partial charge in [0.05, 0.1) is 75.8 Å². The highest BCUT2D eigenvalue weighted by Gasteiger charge is 2.50. The van der Waals surface area contributed by atoms with E-state index in [0.29, 0.717) is 17.5 Å². The third-order valence-electron chi connectivity index (χ3n) is 20.1. The molecule has 14 N–H and O–H groups in total. The summed E-state index contributed by atoms with van der Waals surface area (Å²) in [5.74, 6) is -0.210. The second kappa shape index (κ2) is 38.8. The Balaban J connectivity index is 0.745. The predicted molar refractivity (Wildman–Crippen MR) is 446 cm³/mol. The number of aromatic amines is 4. The fourth-order valence-corrected chi connectivity index (χ4v) is 22.2. The van der Waals surface area contributed by atoms with E-state index in [0.717, 1.165) is 29.9 Å². The highest BCUT2D eigenvalue weighted by Crippen LogP contribution is 2.57. The van der Waals surface area contributed by atoms with Gasteiger partial charge in [-0.15, -0.1) is 0 Å². The second-order valence-corrected chi connectivity index (χ2v) is 45.7. The summed E-state index contributed by atoms with van der Waals surface area (Å²) in [7, 11) is 1.09. The average Bonchev–Trinajstić information content (AvgIpc) is 1.67. The molecular formula is C62H86N14O34P6S6. The van der Waals surface area contributed by atoms with Gasteiger partial charge < -0.3 is 124 Å². The first-order valence-electron chi connectivity index (χ1n) is 36.8. The van der Waals surface area contributed by atoms with E-state index in [2.05, 4.69) is 29.9 Å². The zero-order valence-electron chi connectivity index (χ0n) is 65.3. The van der Waals surface area contributed by atoms with Crippen LogP contribution in [0.15, 0.2) is 85.1 Å². The van der Waals surface area contributed by atoms with Gasteiger partial charge in [-0.3, -0.25) is 66.5 Å². The van der Waals surface area contributed by atoms with Crippen LogP contribution < -0.4 is 67.8 Å². The van der Waals surface area contributed by atoms with E-state index in [1.54, 1.807) is 20.8 Å². The summed E-state index contributed by atoms with van der Waals surface area (Å²) >= 11 is 32.8. The molecular weight excluding hydrogens is 1860 g/mol. The van der Waals surface area contributed by atoms with Crippen LogP contribution in [0.3, 0.4) is 0 Å². The molecule has 60 heteroatoms. The van der Waals surface area contributed by atoms with E-state index in [9.17, 15) is 77.3 Å². The van der Waals surface area contributed by atoms with Crippen molar-refractivity contribution in [1.29, 1.82) is 0 Å². The first-order valence-corrected chi connectivity index (χ1v) is 52.4. The zero-order valence-corrected chi connectivity index (χ0v) is 75.6. The Morgan fingerprint density at radius 1 is 0.352 bits per heavy atom. The van der Waals surface area contributed by atoms with E-state index in [4.69, 9.17) is 165 Å². The number of anilines is 2. The molecule has 48 nitrogen and oxygen atoms in total. The maximum atomic E-state index is 13.5. The van der Waals surface area contributed by atoms with Gasteiger partial charge in [-0.25, -0.2) is 28.8 Å². The molecule has 0 spiro atoms. The van der Waals surface area contributed by atoms with Crippen LogP contribution in [0.4, 0.5) is 11.6 Å². The van der Waals surface area contributed by atoms with Crippen molar-refractivity contribution in [2.75, 3.05) is 51.6 Å². The topological polar surface area (TPSA) is 629 Å². The minimum absolute atomic E-state index is 0.0269.